The van der Waals surface area contributed by atoms with Gasteiger partial charge in [0.25, 0.3) is 5.91 Å². The van der Waals surface area contributed by atoms with E-state index >= 15 is 0 Å². The molecule has 0 atom stereocenters. The second-order valence-corrected chi connectivity index (χ2v) is 7.86. The van der Waals surface area contributed by atoms with Crippen molar-refractivity contribution in [3.63, 3.8) is 0 Å². The molecular weight excluding hydrogens is 464 g/mol. The number of ether oxygens (including phenoxy) is 1. The van der Waals surface area contributed by atoms with Gasteiger partial charge in [0.15, 0.2) is 12.3 Å². The van der Waals surface area contributed by atoms with Gasteiger partial charge < -0.3 is 9.64 Å². The van der Waals surface area contributed by atoms with Crippen molar-refractivity contribution < 1.29 is 27.1 Å². The number of alkyl halides is 3. The van der Waals surface area contributed by atoms with Crippen molar-refractivity contribution in [1.82, 2.24) is 19.7 Å². The highest BCUT2D eigenvalue weighted by Crippen LogP contribution is 2.38. The number of halogens is 4. The van der Waals surface area contributed by atoms with E-state index in [4.69, 9.17) is 4.74 Å². The van der Waals surface area contributed by atoms with Crippen LogP contribution in [-0.2, 0) is 17.5 Å². The van der Waals surface area contributed by atoms with Crippen LogP contribution >= 0.6 is 0 Å². The maximum atomic E-state index is 13.9. The Hall–Kier alpha value is -3.95. The molecule has 6 nitrogen and oxygen atoms in total. The molecule has 2 heterocycles. The predicted molar refractivity (Wildman–Crippen MR) is 122 cm³/mol. The van der Waals surface area contributed by atoms with Crippen LogP contribution in [0.2, 0.25) is 0 Å². The number of nitrogens with zero attached hydrogens (tertiary/aromatic N) is 4. The van der Waals surface area contributed by atoms with Crippen molar-refractivity contribution in [2.24, 2.45) is 0 Å². The number of benzene rings is 2. The van der Waals surface area contributed by atoms with Crippen LogP contribution < -0.4 is 4.74 Å². The molecule has 0 saturated heterocycles. The molecule has 0 saturated carbocycles. The summed E-state index contributed by atoms with van der Waals surface area (Å²) in [5.41, 5.74) is 0.0449. The van der Waals surface area contributed by atoms with Gasteiger partial charge in [0.2, 0.25) is 5.88 Å². The lowest BCUT2D eigenvalue weighted by molar-refractivity contribution is -0.136. The summed E-state index contributed by atoms with van der Waals surface area (Å²) in [7, 11) is 0. The predicted octanol–water partition coefficient (Wildman–Crippen LogP) is 5.31. The van der Waals surface area contributed by atoms with Crippen molar-refractivity contribution in [2.75, 3.05) is 13.2 Å². The molecule has 0 N–H and O–H groups in total. The third-order valence-electron chi connectivity index (χ3n) is 5.44. The first-order valence-corrected chi connectivity index (χ1v) is 10.9. The van der Waals surface area contributed by atoms with Crippen LogP contribution in [0.25, 0.3) is 16.7 Å². The fourth-order valence-corrected chi connectivity index (χ4v) is 3.76. The first-order valence-electron chi connectivity index (χ1n) is 10.9. The number of hydrogen-bond donors (Lipinski definition) is 0. The van der Waals surface area contributed by atoms with Crippen molar-refractivity contribution >= 4 is 16.9 Å². The van der Waals surface area contributed by atoms with Crippen LogP contribution in [0, 0.1) is 12.7 Å². The zero-order chi connectivity index (χ0) is 25.2. The quantitative estimate of drug-likeness (QED) is 0.332. The van der Waals surface area contributed by atoms with Gasteiger partial charge in [-0.1, -0.05) is 36.4 Å². The highest BCUT2D eigenvalue weighted by Gasteiger charge is 2.36. The van der Waals surface area contributed by atoms with Crippen molar-refractivity contribution in [1.29, 1.82) is 0 Å². The van der Waals surface area contributed by atoms with Gasteiger partial charge in [-0.05, 0) is 37.6 Å². The summed E-state index contributed by atoms with van der Waals surface area (Å²) in [5, 5.41) is 3.93. The summed E-state index contributed by atoms with van der Waals surface area (Å²) >= 11 is 0. The molecule has 0 fully saturated rings. The lowest BCUT2D eigenvalue weighted by Crippen LogP contribution is -2.34. The van der Waals surface area contributed by atoms with Gasteiger partial charge in [0, 0.05) is 19.2 Å². The monoisotopic (exact) mass is 486 g/mol. The minimum Gasteiger partial charge on any atom is -0.467 e. The normalized spacial score (nSPS) is 11.6. The molecule has 0 aliphatic heterocycles. The zero-order valence-electron chi connectivity index (χ0n) is 19.0. The van der Waals surface area contributed by atoms with Crippen LogP contribution in [0.4, 0.5) is 17.6 Å². The molecule has 0 spiro atoms. The summed E-state index contributed by atoms with van der Waals surface area (Å²) in [5.74, 6) is -1.36. The van der Waals surface area contributed by atoms with Crippen LogP contribution in [0.15, 0.2) is 60.7 Å². The standard InChI is InChI=1S/C25H22F4N4O2/c1-3-32(14-17-8-5-4-6-9-17)22(34)15-35-21-13-20(25(27,28)29)23-16(2)31-33(24(23)30-21)19-11-7-10-18(26)12-19/h4-13H,3,14-15H2,1-2H3. The minimum absolute atomic E-state index is 0.0757. The molecule has 0 aliphatic carbocycles. The Morgan fingerprint density at radius 3 is 2.49 bits per heavy atom. The minimum atomic E-state index is -4.73. The van der Waals surface area contributed by atoms with E-state index in [1.807, 2.05) is 30.3 Å². The average molecular weight is 486 g/mol. The molecule has 35 heavy (non-hydrogen) atoms. The maximum absolute atomic E-state index is 13.9. The number of pyridine rings is 1. The fraction of sp³-hybridized carbons (Fsp3) is 0.240. The van der Waals surface area contributed by atoms with Gasteiger partial charge in [-0.15, -0.1) is 0 Å². The van der Waals surface area contributed by atoms with Crippen molar-refractivity contribution in [2.45, 2.75) is 26.6 Å². The number of rotatable bonds is 7. The Morgan fingerprint density at radius 2 is 1.83 bits per heavy atom. The number of aryl methyl sites for hydroxylation is 1. The second kappa shape index (κ2) is 9.73. The number of amides is 1. The fourth-order valence-electron chi connectivity index (χ4n) is 3.76. The summed E-state index contributed by atoms with van der Waals surface area (Å²) in [6.45, 7) is 3.45. The van der Waals surface area contributed by atoms with Crippen LogP contribution in [0.1, 0.15) is 23.7 Å². The Kier molecular flexibility index (Phi) is 6.72. The van der Waals surface area contributed by atoms with E-state index in [0.29, 0.717) is 13.1 Å². The lowest BCUT2D eigenvalue weighted by Gasteiger charge is -2.21. The third-order valence-corrected chi connectivity index (χ3v) is 5.44. The second-order valence-electron chi connectivity index (χ2n) is 7.86. The van der Waals surface area contributed by atoms with E-state index in [1.165, 1.54) is 30.0 Å². The molecule has 0 bridgehead atoms. The molecule has 1 amide bonds. The lowest BCUT2D eigenvalue weighted by atomic mass is 10.1. The number of carbonyl (C=O) groups is 1. The smallest absolute Gasteiger partial charge is 0.417 e. The van der Waals surface area contributed by atoms with E-state index in [0.717, 1.165) is 22.4 Å². The van der Waals surface area contributed by atoms with Crippen LogP contribution in [0.3, 0.4) is 0 Å². The van der Waals surface area contributed by atoms with E-state index in [9.17, 15) is 22.4 Å². The SMILES string of the molecule is CCN(Cc1ccccc1)C(=O)COc1cc(C(F)(F)F)c2c(C)nn(-c3cccc(F)c3)c2n1. The Balaban J connectivity index is 1.67. The molecule has 4 aromatic rings. The summed E-state index contributed by atoms with van der Waals surface area (Å²) < 4.78 is 62.1. The first-order chi connectivity index (χ1) is 16.7. The highest BCUT2D eigenvalue weighted by molar-refractivity contribution is 5.85. The summed E-state index contributed by atoms with van der Waals surface area (Å²) in [6, 6.07) is 15.3. The van der Waals surface area contributed by atoms with E-state index in [1.54, 1.807) is 6.92 Å². The van der Waals surface area contributed by atoms with Gasteiger partial charge >= 0.3 is 6.18 Å². The van der Waals surface area contributed by atoms with Gasteiger partial charge in [-0.3, -0.25) is 4.79 Å². The molecule has 2 aromatic carbocycles. The van der Waals surface area contributed by atoms with E-state index in [2.05, 4.69) is 10.1 Å². The van der Waals surface area contributed by atoms with Gasteiger partial charge in [0.1, 0.15) is 5.82 Å². The average Bonchev–Trinajstić information content (AvgIpc) is 3.16. The van der Waals surface area contributed by atoms with Crippen molar-refractivity contribution in [3.8, 4) is 11.6 Å². The highest BCUT2D eigenvalue weighted by atomic mass is 19.4. The molecule has 0 radical (unpaired) electrons. The first kappa shape index (κ1) is 24.2. The molecule has 2 aromatic heterocycles. The number of hydrogen-bond acceptors (Lipinski definition) is 4. The number of aromatic nitrogens is 3. The Bertz CT molecular complexity index is 1350. The maximum Gasteiger partial charge on any atom is 0.417 e. The summed E-state index contributed by atoms with van der Waals surface area (Å²) in [6.07, 6.45) is -4.73. The van der Waals surface area contributed by atoms with Gasteiger partial charge in [-0.25, -0.2) is 9.07 Å². The van der Waals surface area contributed by atoms with Gasteiger partial charge in [-0.2, -0.15) is 23.3 Å². The molecule has 182 valence electrons. The molecule has 10 heteroatoms. The molecule has 4 rings (SSSR count). The summed E-state index contributed by atoms with van der Waals surface area (Å²) in [4.78, 5) is 18.4. The number of likely N-dealkylation sites (N-methyl/N-ethyl adjacent to an activating group) is 1. The Labute approximate surface area is 198 Å². The van der Waals surface area contributed by atoms with Crippen LogP contribution in [0.5, 0.6) is 5.88 Å². The van der Waals surface area contributed by atoms with Crippen LogP contribution in [-0.4, -0.2) is 38.7 Å². The van der Waals surface area contributed by atoms with E-state index < -0.39 is 30.1 Å². The Morgan fingerprint density at radius 1 is 1.09 bits per heavy atom. The largest absolute Gasteiger partial charge is 0.467 e. The zero-order valence-corrected chi connectivity index (χ0v) is 19.0. The molecule has 0 aliphatic rings. The van der Waals surface area contributed by atoms with Crippen molar-refractivity contribution in [3.05, 3.63) is 83.3 Å². The number of fused-ring (bicyclic) bond motifs is 1. The molecular formula is C25H22F4N4O2. The van der Waals surface area contributed by atoms with Gasteiger partial charge in [0.05, 0.1) is 22.3 Å². The molecule has 0 unspecified atom stereocenters. The topological polar surface area (TPSA) is 60.3 Å². The number of carbonyl (C=O) groups excluding carboxylic acids is 1. The third kappa shape index (κ3) is 5.26. The van der Waals surface area contributed by atoms with E-state index in [-0.39, 0.29) is 28.3 Å².